The molecule has 1 saturated heterocycles. The second kappa shape index (κ2) is 7.24. The van der Waals surface area contributed by atoms with Crippen molar-refractivity contribution in [3.8, 4) is 0 Å². The monoisotopic (exact) mass is 244 g/mol. The summed E-state index contributed by atoms with van der Waals surface area (Å²) >= 11 is 0. The summed E-state index contributed by atoms with van der Waals surface area (Å²) in [6, 6.07) is -0.515. The fourth-order valence-electron chi connectivity index (χ4n) is 1.67. The molecule has 0 bridgehead atoms. The third kappa shape index (κ3) is 4.70. The molecule has 17 heavy (non-hydrogen) atoms. The number of nitrogens with one attached hydrogen (secondary N) is 1. The fraction of sp³-hybridized carbons (Fsp3) is 0.818. The largest absolute Gasteiger partial charge is 0.396 e. The minimum absolute atomic E-state index is 0.0147. The summed E-state index contributed by atoms with van der Waals surface area (Å²) < 4.78 is 5.15. The number of carbonyl (C=O) groups excluding carboxylic acids is 2. The van der Waals surface area contributed by atoms with Gasteiger partial charge in [0.1, 0.15) is 6.04 Å². The lowest BCUT2D eigenvalue weighted by Gasteiger charge is -2.29. The van der Waals surface area contributed by atoms with Crippen molar-refractivity contribution in [2.45, 2.75) is 25.8 Å². The van der Waals surface area contributed by atoms with E-state index in [0.717, 1.165) is 0 Å². The lowest BCUT2D eigenvalue weighted by atomic mass is 10.2. The van der Waals surface area contributed by atoms with Gasteiger partial charge in [-0.3, -0.25) is 9.59 Å². The van der Waals surface area contributed by atoms with Crippen molar-refractivity contribution >= 4 is 11.8 Å². The van der Waals surface area contributed by atoms with Crippen LogP contribution in [0.5, 0.6) is 0 Å². The number of carbonyl (C=O) groups is 2. The average Bonchev–Trinajstić information content (AvgIpc) is 2.36. The number of aliphatic hydroxyl groups is 1. The zero-order valence-corrected chi connectivity index (χ0v) is 10.1. The van der Waals surface area contributed by atoms with Gasteiger partial charge in [-0.25, -0.2) is 0 Å². The summed E-state index contributed by atoms with van der Waals surface area (Å²) in [7, 11) is 0. The maximum Gasteiger partial charge on any atom is 0.245 e. The molecule has 1 unspecified atom stereocenters. The average molecular weight is 244 g/mol. The Kier molecular flexibility index (Phi) is 5.93. The van der Waals surface area contributed by atoms with Crippen molar-refractivity contribution in [1.82, 2.24) is 10.2 Å². The van der Waals surface area contributed by atoms with Crippen LogP contribution in [0.1, 0.15) is 19.8 Å². The van der Waals surface area contributed by atoms with Crippen LogP contribution in [0, 0.1) is 0 Å². The summed E-state index contributed by atoms with van der Waals surface area (Å²) in [4.78, 5) is 25.0. The molecule has 1 atom stereocenters. The van der Waals surface area contributed by atoms with Gasteiger partial charge < -0.3 is 20.1 Å². The van der Waals surface area contributed by atoms with Crippen molar-refractivity contribution in [2.75, 3.05) is 32.9 Å². The van der Waals surface area contributed by atoms with Crippen molar-refractivity contribution in [1.29, 1.82) is 0 Å². The van der Waals surface area contributed by atoms with E-state index in [-0.39, 0.29) is 24.8 Å². The molecule has 1 aliphatic heterocycles. The maximum absolute atomic E-state index is 11.9. The van der Waals surface area contributed by atoms with Crippen LogP contribution >= 0.6 is 0 Å². The molecule has 1 fully saturated rings. The van der Waals surface area contributed by atoms with Gasteiger partial charge >= 0.3 is 0 Å². The second-order valence-corrected chi connectivity index (χ2v) is 4.05. The number of nitrogens with zero attached hydrogens (tertiary/aromatic N) is 1. The molecule has 6 heteroatoms. The predicted molar refractivity (Wildman–Crippen MR) is 61.3 cm³/mol. The maximum atomic E-state index is 11.9. The van der Waals surface area contributed by atoms with E-state index in [4.69, 9.17) is 9.84 Å². The molecule has 0 spiro atoms. The van der Waals surface area contributed by atoms with E-state index >= 15 is 0 Å². The van der Waals surface area contributed by atoms with Crippen LogP contribution in [0.15, 0.2) is 0 Å². The molecule has 1 heterocycles. The molecular weight excluding hydrogens is 224 g/mol. The summed E-state index contributed by atoms with van der Waals surface area (Å²) in [5, 5.41) is 11.2. The molecule has 0 aliphatic carbocycles. The normalized spacial score (nSPS) is 17.6. The molecular formula is C11H20N2O4. The number of hydrogen-bond donors (Lipinski definition) is 2. The van der Waals surface area contributed by atoms with E-state index in [2.05, 4.69) is 5.32 Å². The Morgan fingerprint density at radius 2 is 2.06 bits per heavy atom. The minimum Gasteiger partial charge on any atom is -0.396 e. The first-order valence-corrected chi connectivity index (χ1v) is 5.92. The molecule has 2 amide bonds. The van der Waals surface area contributed by atoms with Gasteiger partial charge in [-0.15, -0.1) is 0 Å². The third-order valence-electron chi connectivity index (χ3n) is 2.63. The van der Waals surface area contributed by atoms with Crippen LogP contribution in [0.25, 0.3) is 0 Å². The number of hydrogen-bond acceptors (Lipinski definition) is 4. The number of rotatable bonds is 5. The Hall–Kier alpha value is -1.14. The van der Waals surface area contributed by atoms with Crippen LogP contribution in [0.2, 0.25) is 0 Å². The molecule has 0 aromatic rings. The van der Waals surface area contributed by atoms with E-state index in [1.807, 2.05) is 0 Å². The van der Waals surface area contributed by atoms with E-state index in [1.165, 1.54) is 0 Å². The van der Waals surface area contributed by atoms with Gasteiger partial charge in [-0.05, 0) is 13.3 Å². The zero-order chi connectivity index (χ0) is 12.7. The number of amides is 2. The molecule has 1 rings (SSSR count). The highest BCUT2D eigenvalue weighted by atomic mass is 16.5. The highest BCUT2D eigenvalue weighted by Gasteiger charge is 2.23. The van der Waals surface area contributed by atoms with E-state index < -0.39 is 6.04 Å². The quantitative estimate of drug-likeness (QED) is 0.658. The van der Waals surface area contributed by atoms with E-state index in [9.17, 15) is 9.59 Å². The minimum atomic E-state index is -0.515. The van der Waals surface area contributed by atoms with Crippen molar-refractivity contribution in [3.05, 3.63) is 0 Å². The summed E-state index contributed by atoms with van der Waals surface area (Å²) in [6.07, 6.45) is 0.668. The smallest absolute Gasteiger partial charge is 0.245 e. The summed E-state index contributed by atoms with van der Waals surface area (Å²) in [5.41, 5.74) is 0. The lowest BCUT2D eigenvalue weighted by molar-refractivity contribution is -0.139. The first-order valence-electron chi connectivity index (χ1n) is 5.92. The highest BCUT2D eigenvalue weighted by molar-refractivity contribution is 5.87. The molecule has 2 N–H and O–H groups in total. The van der Waals surface area contributed by atoms with Gasteiger partial charge in [-0.1, -0.05) is 0 Å². The van der Waals surface area contributed by atoms with Crippen LogP contribution in [0.4, 0.5) is 0 Å². The van der Waals surface area contributed by atoms with Crippen molar-refractivity contribution in [2.24, 2.45) is 0 Å². The first kappa shape index (κ1) is 13.9. The Labute approximate surface area is 101 Å². The standard InChI is InChI=1S/C11H20N2O4/c1-9(12-10(15)3-2-6-14)11(16)13-4-7-17-8-5-13/h9,14H,2-8H2,1H3,(H,12,15). The van der Waals surface area contributed by atoms with Gasteiger partial charge in [-0.2, -0.15) is 0 Å². The van der Waals surface area contributed by atoms with E-state index in [0.29, 0.717) is 32.7 Å². The van der Waals surface area contributed by atoms with Crippen LogP contribution in [0.3, 0.4) is 0 Å². The van der Waals surface area contributed by atoms with Crippen LogP contribution in [-0.4, -0.2) is 60.8 Å². The molecule has 0 aromatic carbocycles. The Balaban J connectivity index is 2.32. The Bertz CT molecular complexity index is 264. The third-order valence-corrected chi connectivity index (χ3v) is 2.63. The van der Waals surface area contributed by atoms with Gasteiger partial charge in [0.05, 0.1) is 13.2 Å². The highest BCUT2D eigenvalue weighted by Crippen LogP contribution is 2.01. The van der Waals surface area contributed by atoms with Crippen molar-refractivity contribution < 1.29 is 19.4 Å². The fourth-order valence-corrected chi connectivity index (χ4v) is 1.67. The topological polar surface area (TPSA) is 78.9 Å². The number of aliphatic hydroxyl groups excluding tert-OH is 1. The summed E-state index contributed by atoms with van der Waals surface area (Å²) in [6.45, 7) is 3.92. The summed E-state index contributed by atoms with van der Waals surface area (Å²) in [5.74, 6) is -0.279. The van der Waals surface area contributed by atoms with Gasteiger partial charge in [0.15, 0.2) is 0 Å². The molecule has 1 aliphatic rings. The molecule has 0 radical (unpaired) electrons. The predicted octanol–water partition coefficient (Wildman–Crippen LogP) is -0.878. The Morgan fingerprint density at radius 1 is 1.41 bits per heavy atom. The second-order valence-electron chi connectivity index (χ2n) is 4.05. The van der Waals surface area contributed by atoms with Gasteiger partial charge in [0.25, 0.3) is 0 Å². The number of morpholine rings is 1. The first-order chi connectivity index (χ1) is 8.15. The molecule has 0 aromatic heterocycles. The van der Waals surface area contributed by atoms with E-state index in [1.54, 1.807) is 11.8 Å². The SMILES string of the molecule is CC(NC(=O)CCCO)C(=O)N1CCOCC1. The molecule has 6 nitrogen and oxygen atoms in total. The number of ether oxygens (including phenoxy) is 1. The van der Waals surface area contributed by atoms with Gasteiger partial charge in [0.2, 0.25) is 11.8 Å². The van der Waals surface area contributed by atoms with Crippen molar-refractivity contribution in [3.63, 3.8) is 0 Å². The van der Waals surface area contributed by atoms with Gasteiger partial charge in [0, 0.05) is 26.1 Å². The lowest BCUT2D eigenvalue weighted by Crippen LogP contribution is -2.50. The molecule has 98 valence electrons. The molecule has 0 saturated carbocycles. The van der Waals surface area contributed by atoms with Crippen LogP contribution in [-0.2, 0) is 14.3 Å². The van der Waals surface area contributed by atoms with Crippen LogP contribution < -0.4 is 5.32 Å². The zero-order valence-electron chi connectivity index (χ0n) is 10.1. The Morgan fingerprint density at radius 3 is 2.65 bits per heavy atom.